The molecule has 32 heavy (non-hydrogen) atoms. The molecule has 2 atom stereocenters. The zero-order valence-corrected chi connectivity index (χ0v) is 18.8. The van der Waals surface area contributed by atoms with Crippen molar-refractivity contribution in [2.24, 2.45) is 0 Å². The molecule has 0 bridgehead atoms. The summed E-state index contributed by atoms with van der Waals surface area (Å²) in [7, 11) is 0. The number of benzene rings is 1. The molecule has 0 spiro atoms. The lowest BCUT2D eigenvalue weighted by Gasteiger charge is -2.35. The van der Waals surface area contributed by atoms with Gasteiger partial charge in [-0.25, -0.2) is 0 Å². The van der Waals surface area contributed by atoms with Crippen LogP contribution in [0.5, 0.6) is 0 Å². The first-order valence-corrected chi connectivity index (χ1v) is 11.3. The SMILES string of the molecule is C[C@@H]1CN(CCCNC(=O)c2cn(Cc3ccccc3)nc2-c2cccnc2)C[C@H](C)O1. The molecule has 1 saturated heterocycles. The number of nitrogens with one attached hydrogen (secondary N) is 1. The second-order valence-corrected chi connectivity index (χ2v) is 8.44. The highest BCUT2D eigenvalue weighted by molar-refractivity contribution is 5.99. The van der Waals surface area contributed by atoms with Crippen LogP contribution in [0.25, 0.3) is 11.3 Å². The molecule has 0 unspecified atom stereocenters. The third kappa shape index (κ3) is 5.81. The number of hydrogen-bond donors (Lipinski definition) is 1. The van der Waals surface area contributed by atoms with Crippen LogP contribution in [0.3, 0.4) is 0 Å². The zero-order chi connectivity index (χ0) is 22.3. The molecule has 7 heteroatoms. The van der Waals surface area contributed by atoms with Gasteiger partial charge >= 0.3 is 0 Å². The van der Waals surface area contributed by atoms with Gasteiger partial charge in [-0.3, -0.25) is 19.4 Å². The number of amides is 1. The molecule has 168 valence electrons. The molecule has 4 rings (SSSR count). The molecule has 1 fully saturated rings. The van der Waals surface area contributed by atoms with Gasteiger partial charge in [-0.15, -0.1) is 0 Å². The number of aromatic nitrogens is 3. The first-order chi connectivity index (χ1) is 15.6. The number of carbonyl (C=O) groups excluding carboxylic acids is 1. The Morgan fingerprint density at radius 1 is 1.12 bits per heavy atom. The Kier molecular flexibility index (Phi) is 7.29. The van der Waals surface area contributed by atoms with Gasteiger partial charge in [0.25, 0.3) is 5.91 Å². The number of nitrogens with zero attached hydrogens (tertiary/aromatic N) is 4. The molecule has 1 amide bonds. The van der Waals surface area contributed by atoms with Crippen molar-refractivity contribution in [3.05, 3.63) is 72.2 Å². The van der Waals surface area contributed by atoms with Crippen molar-refractivity contribution in [3.8, 4) is 11.3 Å². The van der Waals surface area contributed by atoms with E-state index < -0.39 is 0 Å². The van der Waals surface area contributed by atoms with Crippen LogP contribution in [-0.2, 0) is 11.3 Å². The molecule has 1 N–H and O–H groups in total. The van der Waals surface area contributed by atoms with Crippen molar-refractivity contribution in [1.29, 1.82) is 0 Å². The highest BCUT2D eigenvalue weighted by atomic mass is 16.5. The summed E-state index contributed by atoms with van der Waals surface area (Å²) >= 11 is 0. The van der Waals surface area contributed by atoms with Gasteiger partial charge in [0.2, 0.25) is 0 Å². The van der Waals surface area contributed by atoms with Gasteiger partial charge in [0.1, 0.15) is 5.69 Å². The van der Waals surface area contributed by atoms with E-state index in [4.69, 9.17) is 9.84 Å². The highest BCUT2D eigenvalue weighted by Crippen LogP contribution is 2.22. The van der Waals surface area contributed by atoms with Gasteiger partial charge in [-0.05, 0) is 38.0 Å². The Labute approximate surface area is 189 Å². The molecule has 3 heterocycles. The molecule has 1 aliphatic heterocycles. The predicted molar refractivity (Wildman–Crippen MR) is 124 cm³/mol. The summed E-state index contributed by atoms with van der Waals surface area (Å²) in [6, 6.07) is 13.9. The van der Waals surface area contributed by atoms with E-state index in [9.17, 15) is 4.79 Å². The fourth-order valence-corrected chi connectivity index (χ4v) is 4.22. The Bertz CT molecular complexity index is 996. The van der Waals surface area contributed by atoms with E-state index >= 15 is 0 Å². The van der Waals surface area contributed by atoms with Crippen LogP contribution in [0, 0.1) is 0 Å². The largest absolute Gasteiger partial charge is 0.373 e. The van der Waals surface area contributed by atoms with Crippen molar-refractivity contribution in [1.82, 2.24) is 25.0 Å². The predicted octanol–water partition coefficient (Wildman–Crippen LogP) is 3.22. The number of rotatable bonds is 8. The average Bonchev–Trinajstić information content (AvgIpc) is 3.21. The maximum atomic E-state index is 13.0. The molecule has 7 nitrogen and oxygen atoms in total. The lowest BCUT2D eigenvalue weighted by Crippen LogP contribution is -2.46. The lowest BCUT2D eigenvalue weighted by atomic mass is 10.1. The van der Waals surface area contributed by atoms with Gasteiger partial charge in [-0.2, -0.15) is 5.10 Å². The molecular weight excluding hydrogens is 402 g/mol. The molecular formula is C25H31N5O2. The third-order valence-electron chi connectivity index (χ3n) is 5.56. The highest BCUT2D eigenvalue weighted by Gasteiger charge is 2.22. The Morgan fingerprint density at radius 2 is 1.91 bits per heavy atom. The van der Waals surface area contributed by atoms with Gasteiger partial charge < -0.3 is 10.1 Å². The molecule has 0 radical (unpaired) electrons. The van der Waals surface area contributed by atoms with Crippen molar-refractivity contribution in [2.45, 2.75) is 39.0 Å². The Hall–Kier alpha value is -3.03. The standard InChI is InChI=1S/C25H31N5O2/c1-19-15-29(16-20(2)32-19)13-7-12-27-25(31)23-18-30(17-21-8-4-3-5-9-21)28-24(23)22-10-6-11-26-14-22/h3-6,8-11,14,18-20H,7,12-13,15-17H2,1-2H3,(H,27,31)/t19-,20+. The number of pyridine rings is 1. The minimum atomic E-state index is -0.105. The van der Waals surface area contributed by atoms with Crippen LogP contribution in [0.2, 0.25) is 0 Å². The van der Waals surface area contributed by atoms with E-state index in [0.29, 0.717) is 24.3 Å². The van der Waals surface area contributed by atoms with Crippen molar-refractivity contribution < 1.29 is 9.53 Å². The molecule has 1 aromatic carbocycles. The molecule has 0 saturated carbocycles. The first-order valence-electron chi connectivity index (χ1n) is 11.3. The van der Waals surface area contributed by atoms with Crippen LogP contribution in [0.4, 0.5) is 0 Å². The molecule has 2 aromatic heterocycles. The number of carbonyl (C=O) groups is 1. The second kappa shape index (κ2) is 10.5. The number of ether oxygens (including phenoxy) is 1. The summed E-state index contributed by atoms with van der Waals surface area (Å²) in [5, 5.41) is 7.79. The van der Waals surface area contributed by atoms with Crippen LogP contribution >= 0.6 is 0 Å². The van der Waals surface area contributed by atoms with E-state index in [2.05, 4.69) is 41.2 Å². The fourth-order valence-electron chi connectivity index (χ4n) is 4.22. The smallest absolute Gasteiger partial charge is 0.255 e. The maximum Gasteiger partial charge on any atom is 0.255 e. The summed E-state index contributed by atoms with van der Waals surface area (Å²) < 4.78 is 7.62. The third-order valence-corrected chi connectivity index (χ3v) is 5.56. The summed E-state index contributed by atoms with van der Waals surface area (Å²) in [5.74, 6) is -0.105. The van der Waals surface area contributed by atoms with Crippen molar-refractivity contribution >= 4 is 5.91 Å². The van der Waals surface area contributed by atoms with E-state index in [1.165, 1.54) is 0 Å². The van der Waals surface area contributed by atoms with Crippen LogP contribution in [-0.4, -0.2) is 64.0 Å². The summed E-state index contributed by atoms with van der Waals surface area (Å²) in [5.41, 5.74) is 3.19. The van der Waals surface area contributed by atoms with E-state index in [0.717, 1.165) is 37.2 Å². The van der Waals surface area contributed by atoms with Crippen LogP contribution < -0.4 is 5.32 Å². The van der Waals surface area contributed by atoms with E-state index in [-0.39, 0.29) is 18.1 Å². The fraction of sp³-hybridized carbons (Fsp3) is 0.400. The lowest BCUT2D eigenvalue weighted by molar-refractivity contribution is -0.0679. The summed E-state index contributed by atoms with van der Waals surface area (Å²) in [4.78, 5) is 19.6. The second-order valence-electron chi connectivity index (χ2n) is 8.44. The van der Waals surface area contributed by atoms with E-state index in [1.807, 2.05) is 41.2 Å². The topological polar surface area (TPSA) is 72.3 Å². The monoisotopic (exact) mass is 433 g/mol. The van der Waals surface area contributed by atoms with E-state index in [1.54, 1.807) is 12.4 Å². The Balaban J connectivity index is 1.41. The summed E-state index contributed by atoms with van der Waals surface area (Å²) in [6.07, 6.45) is 6.70. The number of morpholine rings is 1. The minimum absolute atomic E-state index is 0.105. The molecule has 1 aliphatic rings. The zero-order valence-electron chi connectivity index (χ0n) is 18.8. The Morgan fingerprint density at radius 3 is 2.62 bits per heavy atom. The normalized spacial score (nSPS) is 19.1. The van der Waals surface area contributed by atoms with Crippen molar-refractivity contribution in [3.63, 3.8) is 0 Å². The van der Waals surface area contributed by atoms with Gasteiger partial charge in [0.05, 0.1) is 24.3 Å². The molecule has 0 aliphatic carbocycles. The van der Waals surface area contributed by atoms with Crippen LogP contribution in [0.1, 0.15) is 36.2 Å². The molecule has 3 aromatic rings. The van der Waals surface area contributed by atoms with Crippen LogP contribution in [0.15, 0.2) is 61.1 Å². The number of hydrogen-bond acceptors (Lipinski definition) is 5. The summed E-state index contributed by atoms with van der Waals surface area (Å²) in [6.45, 7) is 8.27. The van der Waals surface area contributed by atoms with Gasteiger partial charge in [-0.1, -0.05) is 30.3 Å². The average molecular weight is 434 g/mol. The minimum Gasteiger partial charge on any atom is -0.373 e. The van der Waals surface area contributed by atoms with Gasteiger partial charge in [0.15, 0.2) is 0 Å². The quantitative estimate of drug-likeness (QED) is 0.552. The first kappa shape index (κ1) is 22.2. The van der Waals surface area contributed by atoms with Crippen molar-refractivity contribution in [2.75, 3.05) is 26.2 Å². The maximum absolute atomic E-state index is 13.0. The van der Waals surface area contributed by atoms with Gasteiger partial charge in [0, 0.05) is 50.3 Å².